The van der Waals surface area contributed by atoms with Crippen molar-refractivity contribution >= 4 is 5.91 Å². The van der Waals surface area contributed by atoms with Crippen LogP contribution in [0.1, 0.15) is 30.4 Å². The van der Waals surface area contributed by atoms with E-state index in [0.29, 0.717) is 18.5 Å². The lowest BCUT2D eigenvalue weighted by molar-refractivity contribution is -0.129. The Labute approximate surface area is 134 Å². The molecule has 0 spiro atoms. The molecule has 0 heterocycles. The number of carbonyl (C=O) groups excluding carboxylic acids is 1. The average Bonchev–Trinajstić information content (AvgIpc) is 2.50. The molecule has 0 unspecified atom stereocenters. The Morgan fingerprint density at radius 1 is 1.04 bits per heavy atom. The van der Waals surface area contributed by atoms with E-state index in [-0.39, 0.29) is 17.5 Å². The molecule has 2 nitrogen and oxygen atoms in total. The molecular formula is C19H19F2NO. The smallest absolute Gasteiger partial charge is 0.230 e. The largest absolute Gasteiger partial charge is 0.355 e. The lowest BCUT2D eigenvalue weighted by Crippen LogP contribution is -2.49. The fraction of sp³-hybridized carbons (Fsp3) is 0.316. The molecular weight excluding hydrogens is 296 g/mol. The molecule has 0 radical (unpaired) electrons. The van der Waals surface area contributed by atoms with Crippen LogP contribution in [0, 0.1) is 11.6 Å². The lowest BCUT2D eigenvalue weighted by Gasteiger charge is -2.40. The van der Waals surface area contributed by atoms with Gasteiger partial charge in [-0.1, -0.05) is 36.8 Å². The molecule has 0 bridgehead atoms. The van der Waals surface area contributed by atoms with Gasteiger partial charge in [-0.15, -0.1) is 0 Å². The summed E-state index contributed by atoms with van der Waals surface area (Å²) in [6.07, 6.45) is 2.98. The molecule has 1 N–H and O–H groups in total. The molecule has 0 aliphatic heterocycles. The Kier molecular flexibility index (Phi) is 4.42. The van der Waals surface area contributed by atoms with Crippen LogP contribution in [-0.4, -0.2) is 12.5 Å². The van der Waals surface area contributed by atoms with E-state index in [0.717, 1.165) is 24.8 Å². The summed E-state index contributed by atoms with van der Waals surface area (Å²) in [6, 6.07) is 12.7. The van der Waals surface area contributed by atoms with Gasteiger partial charge in [0.1, 0.15) is 11.6 Å². The normalized spacial score (nSPS) is 15.7. The zero-order valence-electron chi connectivity index (χ0n) is 12.8. The minimum atomic E-state index is -0.553. The zero-order valence-corrected chi connectivity index (χ0v) is 12.8. The predicted octanol–water partition coefficient (Wildman–Crippen LogP) is 3.75. The second-order valence-corrected chi connectivity index (χ2v) is 6.04. The number of benzene rings is 2. The van der Waals surface area contributed by atoms with E-state index >= 15 is 0 Å². The minimum absolute atomic E-state index is 0.0494. The minimum Gasteiger partial charge on any atom is -0.355 e. The molecule has 0 aromatic heterocycles. The van der Waals surface area contributed by atoms with Crippen LogP contribution in [0.15, 0.2) is 48.5 Å². The summed E-state index contributed by atoms with van der Waals surface area (Å²) in [5.74, 6) is -0.603. The van der Waals surface area contributed by atoms with Crippen molar-refractivity contribution in [2.75, 3.05) is 6.54 Å². The van der Waals surface area contributed by atoms with Gasteiger partial charge < -0.3 is 5.32 Å². The summed E-state index contributed by atoms with van der Waals surface area (Å²) in [4.78, 5) is 12.6. The van der Waals surface area contributed by atoms with E-state index in [1.165, 1.54) is 18.2 Å². The number of amides is 1. The molecule has 2 aromatic carbocycles. The van der Waals surface area contributed by atoms with Crippen molar-refractivity contribution in [3.8, 4) is 0 Å². The van der Waals surface area contributed by atoms with Crippen molar-refractivity contribution in [2.24, 2.45) is 0 Å². The summed E-state index contributed by atoms with van der Waals surface area (Å²) >= 11 is 0. The van der Waals surface area contributed by atoms with Crippen molar-refractivity contribution in [1.29, 1.82) is 0 Å². The number of carbonyl (C=O) groups is 1. The fourth-order valence-electron chi connectivity index (χ4n) is 3.13. The van der Waals surface area contributed by atoms with Crippen LogP contribution >= 0.6 is 0 Å². The fourth-order valence-corrected chi connectivity index (χ4v) is 3.13. The number of hydrogen-bond acceptors (Lipinski definition) is 1. The van der Waals surface area contributed by atoms with Crippen molar-refractivity contribution in [2.45, 2.75) is 31.1 Å². The van der Waals surface area contributed by atoms with Gasteiger partial charge in [0.2, 0.25) is 5.91 Å². The first-order valence-electron chi connectivity index (χ1n) is 7.90. The maximum atomic E-state index is 13.6. The van der Waals surface area contributed by atoms with Gasteiger partial charge in [-0.05, 0) is 48.6 Å². The van der Waals surface area contributed by atoms with Crippen LogP contribution in [-0.2, 0) is 16.6 Å². The van der Waals surface area contributed by atoms with Gasteiger partial charge in [0.05, 0.1) is 5.41 Å². The lowest BCUT2D eigenvalue weighted by atomic mass is 9.64. The van der Waals surface area contributed by atoms with Crippen molar-refractivity contribution in [1.82, 2.24) is 5.32 Å². The predicted molar refractivity (Wildman–Crippen MR) is 85.0 cm³/mol. The highest BCUT2D eigenvalue weighted by atomic mass is 19.1. The molecule has 1 aliphatic carbocycles. The third-order valence-corrected chi connectivity index (χ3v) is 4.68. The maximum absolute atomic E-state index is 13.6. The Hall–Kier alpha value is -2.23. The summed E-state index contributed by atoms with van der Waals surface area (Å²) in [7, 11) is 0. The SMILES string of the molecule is O=C(NCCc1ccccc1F)C1(c2ccc(F)cc2)CCC1. The Balaban J connectivity index is 1.64. The van der Waals surface area contributed by atoms with Crippen LogP contribution in [0.25, 0.3) is 0 Å². The second-order valence-electron chi connectivity index (χ2n) is 6.04. The van der Waals surface area contributed by atoms with Gasteiger partial charge >= 0.3 is 0 Å². The molecule has 0 atom stereocenters. The van der Waals surface area contributed by atoms with Crippen molar-refractivity contribution in [3.63, 3.8) is 0 Å². The Morgan fingerprint density at radius 3 is 2.35 bits per heavy atom. The molecule has 1 aliphatic rings. The molecule has 23 heavy (non-hydrogen) atoms. The highest BCUT2D eigenvalue weighted by Crippen LogP contribution is 2.43. The third kappa shape index (κ3) is 3.11. The zero-order chi connectivity index (χ0) is 16.3. The van der Waals surface area contributed by atoms with Crippen LogP contribution in [0.5, 0.6) is 0 Å². The number of hydrogen-bond donors (Lipinski definition) is 1. The monoisotopic (exact) mass is 315 g/mol. The number of halogens is 2. The van der Waals surface area contributed by atoms with Crippen molar-refractivity contribution < 1.29 is 13.6 Å². The molecule has 0 saturated heterocycles. The maximum Gasteiger partial charge on any atom is 0.230 e. The molecule has 1 saturated carbocycles. The average molecular weight is 315 g/mol. The van der Waals surface area contributed by atoms with E-state index in [4.69, 9.17) is 0 Å². The first kappa shape index (κ1) is 15.7. The van der Waals surface area contributed by atoms with E-state index in [1.807, 2.05) is 0 Å². The van der Waals surface area contributed by atoms with Crippen LogP contribution in [0.4, 0.5) is 8.78 Å². The van der Waals surface area contributed by atoms with Gasteiger partial charge in [0.15, 0.2) is 0 Å². The third-order valence-electron chi connectivity index (χ3n) is 4.68. The summed E-state index contributed by atoms with van der Waals surface area (Å²) < 4.78 is 26.7. The molecule has 2 aromatic rings. The Morgan fingerprint density at radius 2 is 1.74 bits per heavy atom. The van der Waals surface area contributed by atoms with E-state index < -0.39 is 5.41 Å². The summed E-state index contributed by atoms with van der Waals surface area (Å²) in [5, 5.41) is 2.91. The quantitative estimate of drug-likeness (QED) is 0.894. The Bertz CT molecular complexity index is 693. The first-order chi connectivity index (χ1) is 11.1. The van der Waals surface area contributed by atoms with Gasteiger partial charge in [0, 0.05) is 6.54 Å². The molecule has 1 fully saturated rings. The summed E-state index contributed by atoms with van der Waals surface area (Å²) in [6.45, 7) is 0.392. The standard InChI is InChI=1S/C19H19F2NO/c20-16-8-6-15(7-9-16)19(11-3-12-19)18(23)22-13-10-14-4-1-2-5-17(14)21/h1-2,4-9H,3,10-13H2,(H,22,23). The van der Waals surface area contributed by atoms with E-state index in [9.17, 15) is 13.6 Å². The molecule has 3 rings (SSSR count). The second kappa shape index (κ2) is 6.49. The number of rotatable bonds is 5. The molecule has 4 heteroatoms. The van der Waals surface area contributed by atoms with Crippen LogP contribution in [0.2, 0.25) is 0 Å². The van der Waals surface area contributed by atoms with Gasteiger partial charge in [-0.2, -0.15) is 0 Å². The first-order valence-corrected chi connectivity index (χ1v) is 7.90. The summed E-state index contributed by atoms with van der Waals surface area (Å²) in [5.41, 5.74) is 0.897. The van der Waals surface area contributed by atoms with Gasteiger partial charge in [0.25, 0.3) is 0 Å². The van der Waals surface area contributed by atoms with Crippen LogP contribution in [0.3, 0.4) is 0 Å². The topological polar surface area (TPSA) is 29.1 Å². The van der Waals surface area contributed by atoms with E-state index in [2.05, 4.69) is 5.32 Å². The number of nitrogens with one attached hydrogen (secondary N) is 1. The highest BCUT2D eigenvalue weighted by molar-refractivity contribution is 5.89. The highest BCUT2D eigenvalue weighted by Gasteiger charge is 2.45. The van der Waals surface area contributed by atoms with Crippen LogP contribution < -0.4 is 5.32 Å². The molecule has 120 valence electrons. The van der Waals surface area contributed by atoms with Crippen molar-refractivity contribution in [3.05, 3.63) is 71.3 Å². The molecule has 1 amide bonds. The van der Waals surface area contributed by atoms with Gasteiger partial charge in [-0.25, -0.2) is 8.78 Å². The van der Waals surface area contributed by atoms with E-state index in [1.54, 1.807) is 30.3 Å². The van der Waals surface area contributed by atoms with Gasteiger partial charge in [-0.3, -0.25) is 4.79 Å².